The number of hydrogen-bond donors (Lipinski definition) is 0. The molecule has 0 radical (unpaired) electrons. The summed E-state index contributed by atoms with van der Waals surface area (Å²) in [5.74, 6) is 0.388. The molecule has 1 aliphatic heterocycles. The number of aromatic nitrogens is 2. The maximum absolute atomic E-state index is 14.1. The zero-order valence-electron chi connectivity index (χ0n) is 16.5. The van der Waals surface area contributed by atoms with Crippen molar-refractivity contribution < 1.29 is 13.9 Å². The second-order valence-electron chi connectivity index (χ2n) is 7.00. The summed E-state index contributed by atoms with van der Waals surface area (Å²) in [5.41, 5.74) is 2.43. The number of halogens is 1. The zero-order valence-corrected chi connectivity index (χ0v) is 16.5. The molecule has 1 fully saturated rings. The highest BCUT2D eigenvalue weighted by Gasteiger charge is 2.25. The van der Waals surface area contributed by atoms with Crippen molar-refractivity contribution in [3.05, 3.63) is 66.1 Å². The Morgan fingerprint density at radius 3 is 2.38 bits per heavy atom. The van der Waals surface area contributed by atoms with Crippen molar-refractivity contribution in [2.24, 2.45) is 7.05 Å². The molecule has 0 spiro atoms. The van der Waals surface area contributed by atoms with E-state index in [1.807, 2.05) is 29.2 Å². The smallest absolute Gasteiger partial charge is 0.272 e. The molecule has 2 aromatic carbocycles. The minimum Gasteiger partial charge on any atom is -0.497 e. The lowest BCUT2D eigenvalue weighted by Crippen LogP contribution is -2.49. The normalized spacial score (nSPS) is 14.2. The van der Waals surface area contributed by atoms with Crippen LogP contribution in [0.3, 0.4) is 0 Å². The van der Waals surface area contributed by atoms with E-state index in [0.717, 1.165) is 24.5 Å². The monoisotopic (exact) mass is 394 g/mol. The van der Waals surface area contributed by atoms with E-state index in [4.69, 9.17) is 4.74 Å². The Hall–Kier alpha value is -3.35. The number of carbonyl (C=O) groups excluding carboxylic acids is 1. The fourth-order valence-electron chi connectivity index (χ4n) is 3.59. The van der Waals surface area contributed by atoms with Crippen molar-refractivity contribution in [1.29, 1.82) is 0 Å². The van der Waals surface area contributed by atoms with Crippen LogP contribution in [0.15, 0.2) is 54.6 Å². The first-order valence-electron chi connectivity index (χ1n) is 9.54. The van der Waals surface area contributed by atoms with Crippen LogP contribution in [0.4, 0.5) is 10.1 Å². The molecule has 0 atom stereocenters. The van der Waals surface area contributed by atoms with Crippen molar-refractivity contribution in [2.45, 2.75) is 0 Å². The Morgan fingerprint density at radius 2 is 1.72 bits per heavy atom. The molecule has 0 saturated carbocycles. The SMILES string of the molecule is COc1ccc(N2CCN(C(=O)c3cc(-c4ccccc4F)nn3C)CC2)cc1. The van der Waals surface area contributed by atoms with Gasteiger partial charge in [-0.05, 0) is 42.5 Å². The first-order valence-corrected chi connectivity index (χ1v) is 9.54. The Balaban J connectivity index is 1.45. The van der Waals surface area contributed by atoms with E-state index in [0.29, 0.717) is 30.0 Å². The highest BCUT2D eigenvalue weighted by atomic mass is 19.1. The van der Waals surface area contributed by atoms with Gasteiger partial charge >= 0.3 is 0 Å². The summed E-state index contributed by atoms with van der Waals surface area (Å²) in [6.45, 7) is 2.72. The number of ether oxygens (including phenoxy) is 1. The van der Waals surface area contributed by atoms with E-state index in [1.165, 1.54) is 10.7 Å². The molecule has 150 valence electrons. The van der Waals surface area contributed by atoms with E-state index >= 15 is 0 Å². The maximum atomic E-state index is 14.1. The molecule has 7 heteroatoms. The highest BCUT2D eigenvalue weighted by molar-refractivity contribution is 5.94. The predicted molar refractivity (Wildman–Crippen MR) is 110 cm³/mol. The largest absolute Gasteiger partial charge is 0.497 e. The summed E-state index contributed by atoms with van der Waals surface area (Å²) >= 11 is 0. The summed E-state index contributed by atoms with van der Waals surface area (Å²) in [4.78, 5) is 17.1. The van der Waals surface area contributed by atoms with Crippen LogP contribution >= 0.6 is 0 Å². The van der Waals surface area contributed by atoms with Crippen molar-refractivity contribution >= 4 is 11.6 Å². The molecule has 1 amide bonds. The quantitative estimate of drug-likeness (QED) is 0.682. The van der Waals surface area contributed by atoms with Crippen LogP contribution in [-0.4, -0.2) is 53.9 Å². The molecule has 0 N–H and O–H groups in total. The van der Waals surface area contributed by atoms with Crippen LogP contribution in [0.2, 0.25) is 0 Å². The third kappa shape index (κ3) is 3.81. The van der Waals surface area contributed by atoms with Gasteiger partial charge in [-0.2, -0.15) is 5.10 Å². The molecule has 0 aliphatic carbocycles. The highest BCUT2D eigenvalue weighted by Crippen LogP contribution is 2.24. The zero-order chi connectivity index (χ0) is 20.4. The van der Waals surface area contributed by atoms with Gasteiger partial charge in [-0.25, -0.2) is 4.39 Å². The summed E-state index contributed by atoms with van der Waals surface area (Å²) in [5, 5.41) is 4.34. The Bertz CT molecular complexity index is 1010. The Morgan fingerprint density at radius 1 is 1.03 bits per heavy atom. The third-order valence-electron chi connectivity index (χ3n) is 5.25. The molecule has 3 aromatic rings. The molecule has 29 heavy (non-hydrogen) atoms. The van der Waals surface area contributed by atoms with Gasteiger partial charge in [0.05, 0.1) is 12.8 Å². The van der Waals surface area contributed by atoms with Crippen LogP contribution in [0.25, 0.3) is 11.3 Å². The minimum atomic E-state index is -0.349. The van der Waals surface area contributed by atoms with Gasteiger partial charge in [-0.3, -0.25) is 9.48 Å². The van der Waals surface area contributed by atoms with Crippen LogP contribution < -0.4 is 9.64 Å². The predicted octanol–water partition coefficient (Wildman–Crippen LogP) is 3.20. The van der Waals surface area contributed by atoms with E-state index in [-0.39, 0.29) is 11.7 Å². The number of amides is 1. The molecular formula is C22H23FN4O2. The minimum absolute atomic E-state index is 0.0861. The van der Waals surface area contributed by atoms with Gasteiger partial charge in [0.1, 0.15) is 17.3 Å². The number of hydrogen-bond acceptors (Lipinski definition) is 4. The standard InChI is InChI=1S/C22H23FN4O2/c1-25-21(15-20(24-25)18-5-3-4-6-19(18)23)22(28)27-13-11-26(12-14-27)16-7-9-17(29-2)10-8-16/h3-10,15H,11-14H2,1-2H3. The Kier molecular flexibility index (Phi) is 5.20. The lowest BCUT2D eigenvalue weighted by molar-refractivity contribution is 0.0735. The molecule has 6 nitrogen and oxygen atoms in total. The van der Waals surface area contributed by atoms with Crippen molar-refractivity contribution in [3.63, 3.8) is 0 Å². The summed E-state index contributed by atoms with van der Waals surface area (Å²) < 4.78 is 20.8. The summed E-state index contributed by atoms with van der Waals surface area (Å²) in [6.07, 6.45) is 0. The van der Waals surface area contributed by atoms with Gasteiger partial charge < -0.3 is 14.5 Å². The molecular weight excluding hydrogens is 371 g/mol. The van der Waals surface area contributed by atoms with Gasteiger partial charge in [0.2, 0.25) is 0 Å². The maximum Gasteiger partial charge on any atom is 0.272 e. The van der Waals surface area contributed by atoms with Crippen LogP contribution in [0, 0.1) is 5.82 Å². The van der Waals surface area contributed by atoms with Crippen molar-refractivity contribution in [1.82, 2.24) is 14.7 Å². The molecule has 0 bridgehead atoms. The van der Waals surface area contributed by atoms with Crippen molar-refractivity contribution in [3.8, 4) is 17.0 Å². The van der Waals surface area contributed by atoms with Crippen molar-refractivity contribution in [2.75, 3.05) is 38.2 Å². The number of methoxy groups -OCH3 is 1. The van der Waals surface area contributed by atoms with Gasteiger partial charge in [0.25, 0.3) is 5.91 Å². The van der Waals surface area contributed by atoms with E-state index < -0.39 is 0 Å². The number of anilines is 1. The lowest BCUT2D eigenvalue weighted by atomic mass is 10.1. The van der Waals surface area contributed by atoms with Crippen LogP contribution in [-0.2, 0) is 7.05 Å². The lowest BCUT2D eigenvalue weighted by Gasteiger charge is -2.36. The molecule has 1 aromatic heterocycles. The number of piperazine rings is 1. The van der Waals surface area contributed by atoms with Gasteiger partial charge in [0.15, 0.2) is 0 Å². The number of carbonyl (C=O) groups is 1. The first kappa shape index (κ1) is 19.0. The Labute approximate surface area is 169 Å². The summed E-state index contributed by atoms with van der Waals surface area (Å²) in [6, 6.07) is 16.0. The summed E-state index contributed by atoms with van der Waals surface area (Å²) in [7, 11) is 3.36. The fourth-order valence-corrected chi connectivity index (χ4v) is 3.59. The number of rotatable bonds is 4. The molecule has 2 heterocycles. The second-order valence-corrected chi connectivity index (χ2v) is 7.00. The average Bonchev–Trinajstić information content (AvgIpc) is 3.15. The van der Waals surface area contributed by atoms with Gasteiger partial charge in [-0.15, -0.1) is 0 Å². The van der Waals surface area contributed by atoms with Gasteiger partial charge in [-0.1, -0.05) is 12.1 Å². The molecule has 4 rings (SSSR count). The van der Waals surface area contributed by atoms with Crippen LogP contribution in [0.5, 0.6) is 5.75 Å². The van der Waals surface area contributed by atoms with Gasteiger partial charge in [0, 0.05) is 44.5 Å². The second kappa shape index (κ2) is 7.95. The number of aryl methyl sites for hydroxylation is 1. The topological polar surface area (TPSA) is 50.6 Å². The number of benzene rings is 2. The average molecular weight is 394 g/mol. The van der Waals surface area contributed by atoms with E-state index in [9.17, 15) is 9.18 Å². The third-order valence-corrected chi connectivity index (χ3v) is 5.25. The van der Waals surface area contributed by atoms with Crippen LogP contribution in [0.1, 0.15) is 10.5 Å². The molecule has 1 saturated heterocycles. The molecule has 0 unspecified atom stereocenters. The first-order chi connectivity index (χ1) is 14.1. The van der Waals surface area contributed by atoms with E-state index in [1.54, 1.807) is 38.4 Å². The molecule has 1 aliphatic rings. The fraction of sp³-hybridized carbons (Fsp3) is 0.273. The van der Waals surface area contributed by atoms with E-state index in [2.05, 4.69) is 10.00 Å². The number of nitrogens with zero attached hydrogens (tertiary/aromatic N) is 4.